The summed E-state index contributed by atoms with van der Waals surface area (Å²) in [7, 11) is 0. The van der Waals surface area contributed by atoms with Crippen LogP contribution in [0.1, 0.15) is 35.6 Å². The molecule has 22 heavy (non-hydrogen) atoms. The molecule has 2 aromatic carbocycles. The predicted octanol–water partition coefficient (Wildman–Crippen LogP) is 3.51. The highest BCUT2D eigenvalue weighted by molar-refractivity contribution is 5.42. The molecular weight excluding hydrogens is 268 g/mol. The third-order valence-corrected chi connectivity index (χ3v) is 5.37. The number of hydrogen-bond acceptors (Lipinski definition) is 2. The van der Waals surface area contributed by atoms with E-state index in [-0.39, 0.29) is 0 Å². The first-order chi connectivity index (χ1) is 10.9. The van der Waals surface area contributed by atoms with Gasteiger partial charge in [-0.1, -0.05) is 61.5 Å². The summed E-state index contributed by atoms with van der Waals surface area (Å²) in [6, 6.07) is 20.7. The summed E-state index contributed by atoms with van der Waals surface area (Å²) in [4.78, 5) is 5.28. The number of hydrogen-bond donors (Lipinski definition) is 0. The Bertz CT molecular complexity index is 637. The predicted molar refractivity (Wildman–Crippen MR) is 91.2 cm³/mol. The molecule has 0 aromatic heterocycles. The molecule has 2 aromatic rings. The molecular formula is C20H24N2. The van der Waals surface area contributed by atoms with Crippen LogP contribution in [0.25, 0.3) is 0 Å². The summed E-state index contributed by atoms with van der Waals surface area (Å²) in [6.07, 6.45) is 0. The van der Waals surface area contributed by atoms with Crippen molar-refractivity contribution in [3.8, 4) is 0 Å². The molecule has 2 atom stereocenters. The van der Waals surface area contributed by atoms with E-state index in [0.29, 0.717) is 12.0 Å². The fraction of sp³-hybridized carbons (Fsp3) is 0.400. The molecule has 4 rings (SSSR count). The first kappa shape index (κ1) is 14.0. The lowest BCUT2D eigenvalue weighted by molar-refractivity contribution is 0.0658. The lowest BCUT2D eigenvalue weighted by atomic mass is 9.80. The second-order valence-corrected chi connectivity index (χ2v) is 6.50. The monoisotopic (exact) mass is 292 g/mol. The van der Waals surface area contributed by atoms with Gasteiger partial charge in [0, 0.05) is 38.1 Å². The van der Waals surface area contributed by atoms with Crippen LogP contribution < -0.4 is 0 Å². The van der Waals surface area contributed by atoms with Crippen LogP contribution in [-0.4, -0.2) is 42.5 Å². The molecule has 0 N–H and O–H groups in total. The van der Waals surface area contributed by atoms with Crippen LogP contribution in [0.15, 0.2) is 54.6 Å². The van der Waals surface area contributed by atoms with Gasteiger partial charge in [0.1, 0.15) is 0 Å². The third-order valence-electron chi connectivity index (χ3n) is 5.37. The summed E-state index contributed by atoms with van der Waals surface area (Å²) < 4.78 is 0. The highest BCUT2D eigenvalue weighted by Gasteiger charge is 2.36. The molecule has 2 heteroatoms. The Morgan fingerprint density at radius 1 is 0.864 bits per heavy atom. The fourth-order valence-corrected chi connectivity index (χ4v) is 4.11. The Morgan fingerprint density at radius 2 is 1.59 bits per heavy atom. The van der Waals surface area contributed by atoms with E-state index >= 15 is 0 Å². The van der Waals surface area contributed by atoms with Gasteiger partial charge in [-0.05, 0) is 23.2 Å². The van der Waals surface area contributed by atoms with Gasteiger partial charge in [0.15, 0.2) is 0 Å². The lowest BCUT2D eigenvalue weighted by Crippen LogP contribution is -2.51. The summed E-state index contributed by atoms with van der Waals surface area (Å²) in [6.45, 7) is 8.16. The maximum Gasteiger partial charge on any atom is 0.0479 e. The Balaban J connectivity index is 1.75. The number of rotatable bonds is 2. The maximum atomic E-state index is 2.70. The zero-order valence-corrected chi connectivity index (χ0v) is 13.3. The zero-order valence-electron chi connectivity index (χ0n) is 13.3. The van der Waals surface area contributed by atoms with Crippen LogP contribution in [-0.2, 0) is 0 Å². The highest BCUT2D eigenvalue weighted by atomic mass is 15.3. The topological polar surface area (TPSA) is 6.48 Å². The molecule has 2 aliphatic rings. The van der Waals surface area contributed by atoms with E-state index in [1.165, 1.54) is 30.8 Å². The van der Waals surface area contributed by atoms with E-state index in [9.17, 15) is 0 Å². The molecule has 0 amide bonds. The van der Waals surface area contributed by atoms with Crippen LogP contribution in [0, 0.1) is 0 Å². The Morgan fingerprint density at radius 3 is 2.36 bits per heavy atom. The van der Waals surface area contributed by atoms with E-state index in [2.05, 4.69) is 71.3 Å². The second-order valence-electron chi connectivity index (χ2n) is 6.50. The van der Waals surface area contributed by atoms with Crippen molar-refractivity contribution >= 4 is 0 Å². The van der Waals surface area contributed by atoms with E-state index < -0.39 is 0 Å². The average Bonchev–Trinajstić information content (AvgIpc) is 2.61. The molecule has 0 bridgehead atoms. The SMILES string of the molecule is CCN1CCN2C[C@@H](c3ccccc3)c3ccccc3[C@H]2C1. The first-order valence-electron chi connectivity index (χ1n) is 8.47. The van der Waals surface area contributed by atoms with Crippen molar-refractivity contribution < 1.29 is 0 Å². The van der Waals surface area contributed by atoms with Gasteiger partial charge in [0.25, 0.3) is 0 Å². The Hall–Kier alpha value is -1.64. The van der Waals surface area contributed by atoms with Gasteiger partial charge in [-0.15, -0.1) is 0 Å². The number of nitrogens with zero attached hydrogens (tertiary/aromatic N) is 2. The third kappa shape index (κ3) is 2.37. The van der Waals surface area contributed by atoms with Gasteiger partial charge in [-0.2, -0.15) is 0 Å². The van der Waals surface area contributed by atoms with Crippen molar-refractivity contribution in [2.75, 3.05) is 32.7 Å². The summed E-state index contributed by atoms with van der Waals surface area (Å²) >= 11 is 0. The quantitative estimate of drug-likeness (QED) is 0.836. The van der Waals surface area contributed by atoms with Gasteiger partial charge in [0.05, 0.1) is 0 Å². The Kier molecular flexibility index (Phi) is 3.73. The van der Waals surface area contributed by atoms with Crippen molar-refractivity contribution in [2.24, 2.45) is 0 Å². The van der Waals surface area contributed by atoms with Crippen molar-refractivity contribution in [3.05, 3.63) is 71.3 Å². The van der Waals surface area contributed by atoms with Gasteiger partial charge >= 0.3 is 0 Å². The van der Waals surface area contributed by atoms with Crippen molar-refractivity contribution in [2.45, 2.75) is 18.9 Å². The molecule has 0 aliphatic carbocycles. The minimum atomic E-state index is 0.516. The molecule has 0 unspecified atom stereocenters. The van der Waals surface area contributed by atoms with Crippen molar-refractivity contribution in [1.29, 1.82) is 0 Å². The number of piperazine rings is 1. The molecule has 1 saturated heterocycles. The van der Waals surface area contributed by atoms with Crippen LogP contribution in [0.3, 0.4) is 0 Å². The van der Waals surface area contributed by atoms with Gasteiger partial charge in [0.2, 0.25) is 0 Å². The van der Waals surface area contributed by atoms with Crippen molar-refractivity contribution in [1.82, 2.24) is 9.80 Å². The minimum Gasteiger partial charge on any atom is -0.300 e. The highest BCUT2D eigenvalue weighted by Crippen LogP contribution is 2.40. The van der Waals surface area contributed by atoms with Crippen LogP contribution in [0.4, 0.5) is 0 Å². The van der Waals surface area contributed by atoms with E-state index in [4.69, 9.17) is 0 Å². The summed E-state index contributed by atoms with van der Waals surface area (Å²) in [5.41, 5.74) is 4.53. The molecule has 114 valence electrons. The average molecular weight is 292 g/mol. The molecule has 0 spiro atoms. The molecule has 2 aliphatic heterocycles. The van der Waals surface area contributed by atoms with Gasteiger partial charge < -0.3 is 4.90 Å². The van der Waals surface area contributed by atoms with Crippen LogP contribution in [0.5, 0.6) is 0 Å². The number of benzene rings is 2. The standard InChI is InChI=1S/C20H24N2/c1-2-21-12-13-22-14-19(16-8-4-3-5-9-16)17-10-6-7-11-18(17)20(22)15-21/h3-11,19-20H,2,12-15H2,1H3/t19-,20+/m0/s1. The second kappa shape index (κ2) is 5.86. The Labute approximate surface area is 133 Å². The number of likely N-dealkylation sites (N-methyl/N-ethyl adjacent to an activating group) is 1. The minimum absolute atomic E-state index is 0.516. The molecule has 0 saturated carbocycles. The largest absolute Gasteiger partial charge is 0.300 e. The molecule has 0 radical (unpaired) electrons. The molecule has 2 heterocycles. The maximum absolute atomic E-state index is 2.70. The lowest BCUT2D eigenvalue weighted by Gasteiger charge is -2.47. The molecule has 2 nitrogen and oxygen atoms in total. The van der Waals surface area contributed by atoms with E-state index in [0.717, 1.165) is 13.1 Å². The van der Waals surface area contributed by atoms with Crippen LogP contribution >= 0.6 is 0 Å². The summed E-state index contributed by atoms with van der Waals surface area (Å²) in [5.74, 6) is 0.516. The summed E-state index contributed by atoms with van der Waals surface area (Å²) in [5, 5.41) is 0. The van der Waals surface area contributed by atoms with E-state index in [1.54, 1.807) is 5.56 Å². The van der Waals surface area contributed by atoms with Gasteiger partial charge in [-0.3, -0.25) is 4.90 Å². The first-order valence-corrected chi connectivity index (χ1v) is 8.47. The molecule has 1 fully saturated rings. The fourth-order valence-electron chi connectivity index (χ4n) is 4.11. The van der Waals surface area contributed by atoms with E-state index in [1.807, 2.05) is 0 Å². The van der Waals surface area contributed by atoms with Crippen molar-refractivity contribution in [3.63, 3.8) is 0 Å². The van der Waals surface area contributed by atoms with Crippen LogP contribution in [0.2, 0.25) is 0 Å². The number of fused-ring (bicyclic) bond motifs is 3. The zero-order chi connectivity index (χ0) is 14.9. The normalized spacial score (nSPS) is 25.5. The smallest absolute Gasteiger partial charge is 0.0479 e. The van der Waals surface area contributed by atoms with Gasteiger partial charge in [-0.25, -0.2) is 0 Å².